The van der Waals surface area contributed by atoms with E-state index in [1.54, 1.807) is 25.2 Å². The zero-order chi connectivity index (χ0) is 17.3. The summed E-state index contributed by atoms with van der Waals surface area (Å²) < 4.78 is 10.2. The lowest BCUT2D eigenvalue weighted by atomic mass is 10.2. The summed E-state index contributed by atoms with van der Waals surface area (Å²) in [5.74, 6) is 0.00426. The Kier molecular flexibility index (Phi) is 3.95. The number of benzene rings is 1. The highest BCUT2D eigenvalue weighted by Gasteiger charge is 2.22. The van der Waals surface area contributed by atoms with Gasteiger partial charge in [-0.15, -0.1) is 0 Å². The Morgan fingerprint density at radius 2 is 2.12 bits per heavy atom. The molecule has 8 heteroatoms. The summed E-state index contributed by atoms with van der Waals surface area (Å²) in [6.07, 6.45) is 1.33. The second-order valence-electron chi connectivity index (χ2n) is 5.16. The molecule has 0 radical (unpaired) electrons. The van der Waals surface area contributed by atoms with Gasteiger partial charge < -0.3 is 24.7 Å². The van der Waals surface area contributed by atoms with E-state index < -0.39 is 11.3 Å². The number of pyridine rings is 1. The van der Waals surface area contributed by atoms with Crippen molar-refractivity contribution >= 4 is 23.2 Å². The van der Waals surface area contributed by atoms with Crippen molar-refractivity contribution in [1.82, 2.24) is 4.98 Å². The van der Waals surface area contributed by atoms with Crippen molar-refractivity contribution in [2.75, 3.05) is 31.0 Å². The molecule has 2 aromatic rings. The van der Waals surface area contributed by atoms with Gasteiger partial charge in [-0.3, -0.25) is 14.4 Å². The van der Waals surface area contributed by atoms with E-state index in [2.05, 4.69) is 10.3 Å². The Morgan fingerprint density at radius 1 is 1.33 bits per heavy atom. The number of hydrogen-bond acceptors (Lipinski definition) is 5. The molecule has 124 valence electrons. The predicted molar refractivity (Wildman–Crippen MR) is 86.9 cm³/mol. The highest BCUT2D eigenvalue weighted by molar-refractivity contribution is 6.03. The van der Waals surface area contributed by atoms with Gasteiger partial charge >= 0.3 is 0 Å². The Hall–Kier alpha value is -3.29. The Bertz CT molecular complexity index is 874. The molecule has 3 rings (SSSR count). The average molecular weight is 329 g/mol. The molecule has 0 unspecified atom stereocenters. The van der Waals surface area contributed by atoms with E-state index in [0.717, 1.165) is 6.07 Å². The van der Waals surface area contributed by atoms with Gasteiger partial charge in [-0.05, 0) is 12.1 Å². The molecule has 1 aromatic carbocycles. The lowest BCUT2D eigenvalue weighted by molar-refractivity contribution is -0.120. The fourth-order valence-corrected chi connectivity index (χ4v) is 2.30. The molecule has 1 aliphatic rings. The third-order valence-corrected chi connectivity index (χ3v) is 3.65. The number of methoxy groups -OCH3 is 1. The summed E-state index contributed by atoms with van der Waals surface area (Å²) in [5.41, 5.74) is 0.822. The highest BCUT2D eigenvalue weighted by Crippen LogP contribution is 2.33. The van der Waals surface area contributed by atoms with E-state index in [1.807, 2.05) is 0 Å². The molecule has 1 aromatic heterocycles. The first-order chi connectivity index (χ1) is 11.5. The van der Waals surface area contributed by atoms with Crippen LogP contribution in [0.25, 0.3) is 0 Å². The minimum absolute atomic E-state index is 0.0489. The molecule has 0 saturated carbocycles. The van der Waals surface area contributed by atoms with Gasteiger partial charge in [0, 0.05) is 31.1 Å². The number of nitrogens with one attached hydrogen (secondary N) is 2. The molecule has 2 amide bonds. The number of nitrogens with zero attached hydrogens (tertiary/aromatic N) is 1. The van der Waals surface area contributed by atoms with Crippen molar-refractivity contribution in [2.45, 2.75) is 0 Å². The van der Waals surface area contributed by atoms with Crippen LogP contribution in [0.2, 0.25) is 0 Å². The van der Waals surface area contributed by atoms with Crippen LogP contribution < -0.4 is 25.1 Å². The number of likely N-dealkylation sites (N-methyl/N-ethyl adjacent to an activating group) is 1. The number of carbonyl (C=O) groups excluding carboxylic acids is 2. The predicted octanol–water partition coefficient (Wildman–Crippen LogP) is 0.991. The molecule has 0 spiro atoms. The molecule has 8 nitrogen and oxygen atoms in total. The van der Waals surface area contributed by atoms with Crippen LogP contribution in [0.1, 0.15) is 10.5 Å². The number of H-pyrrole nitrogens is 1. The summed E-state index contributed by atoms with van der Waals surface area (Å²) >= 11 is 0. The van der Waals surface area contributed by atoms with Crippen LogP contribution in [0.3, 0.4) is 0 Å². The van der Waals surface area contributed by atoms with Crippen molar-refractivity contribution in [2.24, 2.45) is 0 Å². The topological polar surface area (TPSA) is 101 Å². The SMILES string of the molecule is COc1c[nH]c(C(=O)Nc2ccc3c(c2)OCC(=O)N3C)cc1=O. The van der Waals surface area contributed by atoms with E-state index in [1.165, 1.54) is 18.2 Å². The zero-order valence-corrected chi connectivity index (χ0v) is 13.1. The largest absolute Gasteiger partial charge is 0.491 e. The van der Waals surface area contributed by atoms with E-state index in [-0.39, 0.29) is 24.0 Å². The average Bonchev–Trinajstić information content (AvgIpc) is 2.58. The van der Waals surface area contributed by atoms with Crippen LogP contribution >= 0.6 is 0 Å². The molecular formula is C16H15N3O5. The van der Waals surface area contributed by atoms with Gasteiger partial charge in [-0.25, -0.2) is 0 Å². The lowest BCUT2D eigenvalue weighted by Crippen LogP contribution is -2.35. The smallest absolute Gasteiger partial charge is 0.272 e. The number of anilines is 2. The molecule has 0 fully saturated rings. The van der Waals surface area contributed by atoms with Gasteiger partial charge in [0.05, 0.1) is 12.8 Å². The zero-order valence-electron chi connectivity index (χ0n) is 13.1. The second kappa shape index (κ2) is 6.07. The van der Waals surface area contributed by atoms with Gasteiger partial charge in [0.1, 0.15) is 11.4 Å². The number of ether oxygens (including phenoxy) is 2. The summed E-state index contributed by atoms with van der Waals surface area (Å²) in [4.78, 5) is 39.7. The molecule has 0 saturated heterocycles. The second-order valence-corrected chi connectivity index (χ2v) is 5.16. The summed E-state index contributed by atoms with van der Waals surface area (Å²) in [6, 6.07) is 6.11. The van der Waals surface area contributed by atoms with E-state index >= 15 is 0 Å². The summed E-state index contributed by atoms with van der Waals surface area (Å²) in [7, 11) is 3.03. The molecular weight excluding hydrogens is 314 g/mol. The number of carbonyl (C=O) groups is 2. The number of hydrogen-bond donors (Lipinski definition) is 2. The van der Waals surface area contributed by atoms with Crippen molar-refractivity contribution < 1.29 is 19.1 Å². The maximum absolute atomic E-state index is 12.2. The Labute approximate surface area is 137 Å². The van der Waals surface area contributed by atoms with E-state index in [0.29, 0.717) is 17.1 Å². The minimum Gasteiger partial charge on any atom is -0.491 e. The molecule has 2 N–H and O–H groups in total. The summed E-state index contributed by atoms with van der Waals surface area (Å²) in [5, 5.41) is 2.67. The number of fused-ring (bicyclic) bond motifs is 1. The van der Waals surface area contributed by atoms with Gasteiger partial charge in [0.25, 0.3) is 11.8 Å². The maximum Gasteiger partial charge on any atom is 0.272 e. The molecule has 24 heavy (non-hydrogen) atoms. The minimum atomic E-state index is -0.477. The molecule has 0 aliphatic carbocycles. The fraction of sp³-hybridized carbons (Fsp3) is 0.188. The number of rotatable bonds is 3. The van der Waals surface area contributed by atoms with Crippen molar-refractivity contribution in [3.05, 3.63) is 46.4 Å². The number of amides is 2. The molecule has 2 heterocycles. The Balaban J connectivity index is 1.81. The van der Waals surface area contributed by atoms with Gasteiger partial charge in [0.15, 0.2) is 12.4 Å². The monoisotopic (exact) mass is 329 g/mol. The molecule has 1 aliphatic heterocycles. The van der Waals surface area contributed by atoms with Crippen LogP contribution in [0.4, 0.5) is 11.4 Å². The third-order valence-electron chi connectivity index (χ3n) is 3.65. The van der Waals surface area contributed by atoms with Gasteiger partial charge in [-0.1, -0.05) is 0 Å². The first-order valence-electron chi connectivity index (χ1n) is 7.11. The van der Waals surface area contributed by atoms with Gasteiger partial charge in [-0.2, -0.15) is 0 Å². The quantitative estimate of drug-likeness (QED) is 0.874. The van der Waals surface area contributed by atoms with E-state index in [9.17, 15) is 14.4 Å². The maximum atomic E-state index is 12.2. The van der Waals surface area contributed by atoms with Crippen molar-refractivity contribution in [1.29, 1.82) is 0 Å². The van der Waals surface area contributed by atoms with Crippen LogP contribution in [0.5, 0.6) is 11.5 Å². The van der Waals surface area contributed by atoms with Gasteiger partial charge in [0.2, 0.25) is 5.43 Å². The number of aromatic nitrogens is 1. The van der Waals surface area contributed by atoms with Crippen LogP contribution in [-0.4, -0.2) is 37.6 Å². The number of aromatic amines is 1. The van der Waals surface area contributed by atoms with Crippen LogP contribution in [0.15, 0.2) is 35.3 Å². The summed E-state index contributed by atoms with van der Waals surface area (Å²) in [6.45, 7) is -0.0489. The van der Waals surface area contributed by atoms with Crippen molar-refractivity contribution in [3.8, 4) is 11.5 Å². The fourth-order valence-electron chi connectivity index (χ4n) is 2.30. The first kappa shape index (κ1) is 15.6. The highest BCUT2D eigenvalue weighted by atomic mass is 16.5. The first-order valence-corrected chi connectivity index (χ1v) is 7.11. The van der Waals surface area contributed by atoms with Crippen LogP contribution in [-0.2, 0) is 4.79 Å². The lowest BCUT2D eigenvalue weighted by Gasteiger charge is -2.26. The molecule has 0 atom stereocenters. The third kappa shape index (κ3) is 2.81. The van der Waals surface area contributed by atoms with E-state index in [4.69, 9.17) is 9.47 Å². The standard InChI is InChI=1S/C16H15N3O5/c1-19-11-4-3-9(5-13(11)24-8-15(19)21)18-16(22)10-6-12(20)14(23-2)7-17-10/h3-7H,8H2,1-2H3,(H,17,20)(H,18,22). The molecule has 0 bridgehead atoms. The Morgan fingerprint density at radius 3 is 2.83 bits per heavy atom. The normalized spacial score (nSPS) is 13.1. The van der Waals surface area contributed by atoms with Crippen LogP contribution in [0, 0.1) is 0 Å². The van der Waals surface area contributed by atoms with Crippen molar-refractivity contribution in [3.63, 3.8) is 0 Å².